The first-order chi connectivity index (χ1) is 4.57. The van der Waals surface area contributed by atoms with E-state index in [0.29, 0.717) is 12.5 Å². The van der Waals surface area contributed by atoms with Crippen LogP contribution in [-0.2, 0) is 0 Å². The van der Waals surface area contributed by atoms with Crippen LogP contribution in [0.4, 0.5) is 0 Å². The molecule has 60 valence electrons. The average molecular weight is 142 g/mol. The van der Waals surface area contributed by atoms with Crippen LogP contribution in [0.15, 0.2) is 4.99 Å². The molecule has 0 amide bonds. The van der Waals surface area contributed by atoms with Crippen molar-refractivity contribution in [2.45, 2.75) is 33.7 Å². The van der Waals surface area contributed by atoms with Gasteiger partial charge >= 0.3 is 0 Å². The third-order valence-electron chi connectivity index (χ3n) is 1.60. The van der Waals surface area contributed by atoms with Crippen molar-refractivity contribution in [1.82, 2.24) is 0 Å². The highest BCUT2D eigenvalue weighted by molar-refractivity contribution is 5.83. The molecule has 0 heterocycles. The van der Waals surface area contributed by atoms with Crippen molar-refractivity contribution in [2.24, 2.45) is 16.6 Å². The molecular weight excluding hydrogens is 124 g/mol. The summed E-state index contributed by atoms with van der Waals surface area (Å²) in [6, 6.07) is 0.280. The zero-order chi connectivity index (χ0) is 8.15. The molecule has 0 aliphatic carbocycles. The summed E-state index contributed by atoms with van der Waals surface area (Å²) in [6.07, 6.45) is 0. The molecule has 0 aliphatic heterocycles. The summed E-state index contributed by atoms with van der Waals surface area (Å²) in [5.41, 5.74) is 6.61. The van der Waals surface area contributed by atoms with Gasteiger partial charge in [0.2, 0.25) is 0 Å². The third-order valence-corrected chi connectivity index (χ3v) is 1.60. The summed E-state index contributed by atoms with van der Waals surface area (Å²) in [5.74, 6) is 0.550. The first-order valence-corrected chi connectivity index (χ1v) is 3.82. The first-order valence-electron chi connectivity index (χ1n) is 3.82. The van der Waals surface area contributed by atoms with Crippen molar-refractivity contribution in [3.8, 4) is 0 Å². The van der Waals surface area contributed by atoms with Crippen LogP contribution >= 0.6 is 0 Å². The maximum absolute atomic E-state index is 5.41. The topological polar surface area (TPSA) is 38.4 Å². The molecule has 0 aromatic rings. The normalized spacial score (nSPS) is 16.0. The Kier molecular flexibility index (Phi) is 4.28. The molecule has 10 heavy (non-hydrogen) atoms. The summed E-state index contributed by atoms with van der Waals surface area (Å²) in [7, 11) is 0. The highest BCUT2D eigenvalue weighted by Gasteiger charge is 1.99. The van der Waals surface area contributed by atoms with Crippen LogP contribution in [-0.4, -0.2) is 18.3 Å². The van der Waals surface area contributed by atoms with Gasteiger partial charge in [0, 0.05) is 12.3 Å². The largest absolute Gasteiger partial charge is 0.328 e. The zero-order valence-electron chi connectivity index (χ0n) is 7.39. The fourth-order valence-corrected chi connectivity index (χ4v) is 0.549. The average Bonchev–Trinajstić information content (AvgIpc) is 1.87. The van der Waals surface area contributed by atoms with Crippen molar-refractivity contribution in [3.05, 3.63) is 0 Å². The number of aliphatic imine (C=N–C) groups is 1. The molecular formula is C8H18N2. The molecule has 1 atom stereocenters. The van der Waals surface area contributed by atoms with Crippen LogP contribution in [0.2, 0.25) is 0 Å². The summed E-state index contributed by atoms with van der Waals surface area (Å²) in [6.45, 7) is 9.01. The van der Waals surface area contributed by atoms with Gasteiger partial charge in [-0.2, -0.15) is 0 Å². The van der Waals surface area contributed by atoms with E-state index in [-0.39, 0.29) is 6.04 Å². The van der Waals surface area contributed by atoms with E-state index in [9.17, 15) is 0 Å². The van der Waals surface area contributed by atoms with Gasteiger partial charge < -0.3 is 5.73 Å². The van der Waals surface area contributed by atoms with Crippen molar-refractivity contribution in [2.75, 3.05) is 6.54 Å². The summed E-state index contributed by atoms with van der Waals surface area (Å²) in [5, 5.41) is 0. The lowest BCUT2D eigenvalue weighted by molar-refractivity contribution is 0.736. The lowest BCUT2D eigenvalue weighted by Gasteiger charge is -2.07. The number of hydrogen-bond acceptors (Lipinski definition) is 2. The molecule has 2 heteroatoms. The fraction of sp³-hybridized carbons (Fsp3) is 0.875. The van der Waals surface area contributed by atoms with Gasteiger partial charge in [0.25, 0.3) is 0 Å². The molecule has 0 saturated carbocycles. The third kappa shape index (κ3) is 3.62. The molecule has 0 saturated heterocycles. The van der Waals surface area contributed by atoms with Crippen molar-refractivity contribution >= 4 is 5.71 Å². The molecule has 0 radical (unpaired) electrons. The quantitative estimate of drug-likeness (QED) is 0.595. The minimum Gasteiger partial charge on any atom is -0.328 e. The van der Waals surface area contributed by atoms with Crippen molar-refractivity contribution in [3.63, 3.8) is 0 Å². The molecule has 2 nitrogen and oxygen atoms in total. The number of nitrogens with two attached hydrogens (primary N) is 1. The molecule has 0 bridgehead atoms. The highest BCUT2D eigenvalue weighted by Crippen LogP contribution is 1.98. The van der Waals surface area contributed by atoms with Crippen molar-refractivity contribution < 1.29 is 0 Å². The van der Waals surface area contributed by atoms with E-state index in [4.69, 9.17) is 5.73 Å². The minimum atomic E-state index is 0.280. The van der Waals surface area contributed by atoms with Gasteiger partial charge in [-0.1, -0.05) is 13.8 Å². The molecule has 0 rings (SSSR count). The molecule has 0 spiro atoms. The molecule has 1 unspecified atom stereocenters. The Hall–Kier alpha value is -0.370. The summed E-state index contributed by atoms with van der Waals surface area (Å²) >= 11 is 0. The smallest absolute Gasteiger partial charge is 0.0593 e. The van der Waals surface area contributed by atoms with E-state index < -0.39 is 0 Å². The van der Waals surface area contributed by atoms with E-state index in [1.54, 1.807) is 0 Å². The van der Waals surface area contributed by atoms with Gasteiger partial charge in [-0.15, -0.1) is 0 Å². The lowest BCUT2D eigenvalue weighted by atomic mass is 10.1. The maximum atomic E-state index is 5.41. The summed E-state index contributed by atoms with van der Waals surface area (Å²) in [4.78, 5) is 4.39. The number of nitrogens with zero attached hydrogens (tertiary/aromatic N) is 1. The standard InChI is InChI=1S/C8H18N2/c1-6(2)8(4)10-7(3)5-9/h6-7H,5,9H2,1-4H3/b10-8+. The van der Waals surface area contributed by atoms with E-state index in [2.05, 4.69) is 25.8 Å². The van der Waals surface area contributed by atoms with Crippen LogP contribution in [0, 0.1) is 5.92 Å². The van der Waals surface area contributed by atoms with Gasteiger partial charge in [-0.25, -0.2) is 0 Å². The van der Waals surface area contributed by atoms with Gasteiger partial charge in [0.05, 0.1) is 6.04 Å². The van der Waals surface area contributed by atoms with Crippen LogP contribution in [0.25, 0.3) is 0 Å². The highest BCUT2D eigenvalue weighted by atomic mass is 14.8. The Morgan fingerprint density at radius 3 is 2.20 bits per heavy atom. The monoisotopic (exact) mass is 142 g/mol. The summed E-state index contributed by atoms with van der Waals surface area (Å²) < 4.78 is 0. The zero-order valence-corrected chi connectivity index (χ0v) is 7.39. The van der Waals surface area contributed by atoms with Gasteiger partial charge in [0.15, 0.2) is 0 Å². The second-order valence-electron chi connectivity index (χ2n) is 3.01. The lowest BCUT2D eigenvalue weighted by Crippen LogP contribution is -2.17. The molecule has 0 aromatic heterocycles. The van der Waals surface area contributed by atoms with Gasteiger partial charge in [0.1, 0.15) is 0 Å². The van der Waals surface area contributed by atoms with E-state index >= 15 is 0 Å². The van der Waals surface area contributed by atoms with E-state index in [0.717, 1.165) is 0 Å². The first kappa shape index (κ1) is 9.63. The van der Waals surface area contributed by atoms with Crippen LogP contribution < -0.4 is 5.73 Å². The molecule has 0 aliphatic rings. The van der Waals surface area contributed by atoms with Crippen LogP contribution in [0.1, 0.15) is 27.7 Å². The molecule has 2 N–H and O–H groups in total. The Balaban J connectivity index is 3.89. The Bertz CT molecular complexity index is 116. The Labute approximate surface area is 63.5 Å². The van der Waals surface area contributed by atoms with E-state index in [1.165, 1.54) is 5.71 Å². The number of rotatable bonds is 3. The van der Waals surface area contributed by atoms with Crippen LogP contribution in [0.5, 0.6) is 0 Å². The molecule has 0 fully saturated rings. The second-order valence-corrected chi connectivity index (χ2v) is 3.01. The predicted octanol–water partition coefficient (Wildman–Crippen LogP) is 1.45. The van der Waals surface area contributed by atoms with E-state index in [1.807, 2.05) is 6.92 Å². The molecule has 0 aromatic carbocycles. The van der Waals surface area contributed by atoms with Crippen molar-refractivity contribution in [1.29, 1.82) is 0 Å². The second kappa shape index (κ2) is 4.45. The van der Waals surface area contributed by atoms with Crippen LogP contribution in [0.3, 0.4) is 0 Å². The maximum Gasteiger partial charge on any atom is 0.0593 e. The SMILES string of the molecule is C/C(=N\C(C)CN)C(C)C. The van der Waals surface area contributed by atoms with Gasteiger partial charge in [-0.3, -0.25) is 4.99 Å². The minimum absolute atomic E-state index is 0.280. The fourth-order valence-electron chi connectivity index (χ4n) is 0.549. The number of hydrogen-bond donors (Lipinski definition) is 1. The Morgan fingerprint density at radius 2 is 1.90 bits per heavy atom. The predicted molar refractivity (Wildman–Crippen MR) is 46.5 cm³/mol. The Morgan fingerprint density at radius 1 is 1.40 bits per heavy atom. The van der Waals surface area contributed by atoms with Gasteiger partial charge in [-0.05, 0) is 19.8 Å².